The van der Waals surface area contributed by atoms with E-state index in [9.17, 15) is 0 Å². The van der Waals surface area contributed by atoms with Gasteiger partial charge in [-0.25, -0.2) is 0 Å². The second-order valence-corrected chi connectivity index (χ2v) is 3.54. The third-order valence-corrected chi connectivity index (χ3v) is 2.37. The van der Waals surface area contributed by atoms with Crippen LogP contribution in [0.3, 0.4) is 0 Å². The first kappa shape index (κ1) is 10.8. The topological polar surface area (TPSA) is 20.3 Å². The quantitative estimate of drug-likeness (QED) is 0.586. The number of hydrogen-bond acceptors (Lipinski definition) is 2. The highest BCUT2D eigenvalue weighted by atomic mass is 16.1. The number of hydrogen-bond donors (Lipinski definition) is 0. The minimum Gasteiger partial charge on any atom is -0.374 e. The van der Waals surface area contributed by atoms with Gasteiger partial charge < -0.3 is 9.69 Å². The first-order valence-corrected chi connectivity index (χ1v) is 4.89. The molecule has 0 atom stereocenters. The Morgan fingerprint density at radius 1 is 1.43 bits per heavy atom. The first-order valence-electron chi connectivity index (χ1n) is 4.89. The number of anilines is 1. The lowest BCUT2D eigenvalue weighted by molar-refractivity contribution is -0.106. The summed E-state index contributed by atoms with van der Waals surface area (Å²) in [5.74, 6) is 0. The van der Waals surface area contributed by atoms with Crippen molar-refractivity contribution >= 4 is 12.0 Å². The summed E-state index contributed by atoms with van der Waals surface area (Å²) in [5, 5.41) is 0. The molecule has 0 saturated carbocycles. The Morgan fingerprint density at radius 2 is 2.07 bits per heavy atom. The minimum atomic E-state index is 0.750. The van der Waals surface area contributed by atoms with Crippen molar-refractivity contribution in [3.63, 3.8) is 0 Å². The van der Waals surface area contributed by atoms with Gasteiger partial charge in [0.05, 0.1) is 0 Å². The Balaban J connectivity index is 0.000000293. The van der Waals surface area contributed by atoms with Crippen molar-refractivity contribution in [2.45, 2.75) is 20.3 Å². The van der Waals surface area contributed by atoms with Crippen LogP contribution < -0.4 is 4.90 Å². The highest BCUT2D eigenvalue weighted by Crippen LogP contribution is 2.26. The lowest BCUT2D eigenvalue weighted by Crippen LogP contribution is -2.12. The zero-order chi connectivity index (χ0) is 10.6. The third kappa shape index (κ3) is 2.34. The maximum absolute atomic E-state index is 8.81. The standard InChI is InChI=1S/C10H13N.C2H4O/c1-8-3-4-9-5-6-11(2)10(9)7-8;1-2-3/h3-4,7H,5-6H2,1-2H3;2H,1H3. The van der Waals surface area contributed by atoms with Crippen LogP contribution >= 0.6 is 0 Å². The highest BCUT2D eigenvalue weighted by molar-refractivity contribution is 5.58. The van der Waals surface area contributed by atoms with Gasteiger partial charge in [0, 0.05) is 19.3 Å². The van der Waals surface area contributed by atoms with Crippen LogP contribution in [0, 0.1) is 6.92 Å². The molecule has 1 aromatic rings. The van der Waals surface area contributed by atoms with Gasteiger partial charge >= 0.3 is 0 Å². The number of nitrogens with zero attached hydrogens (tertiary/aromatic N) is 1. The van der Waals surface area contributed by atoms with Crippen molar-refractivity contribution < 1.29 is 4.79 Å². The summed E-state index contributed by atoms with van der Waals surface area (Å²) in [7, 11) is 2.16. The lowest BCUT2D eigenvalue weighted by atomic mass is 10.1. The van der Waals surface area contributed by atoms with E-state index in [0.29, 0.717) is 0 Å². The Kier molecular flexibility index (Phi) is 3.69. The van der Waals surface area contributed by atoms with Crippen molar-refractivity contribution in [3.8, 4) is 0 Å². The van der Waals surface area contributed by atoms with E-state index in [1.807, 2.05) is 0 Å². The molecule has 1 aromatic carbocycles. The average Bonchev–Trinajstić information content (AvgIpc) is 2.49. The molecule has 0 aliphatic carbocycles. The zero-order valence-corrected chi connectivity index (χ0v) is 9.08. The summed E-state index contributed by atoms with van der Waals surface area (Å²) in [6, 6.07) is 6.70. The second kappa shape index (κ2) is 4.80. The van der Waals surface area contributed by atoms with Crippen LogP contribution in [0.25, 0.3) is 0 Å². The number of carbonyl (C=O) groups excluding carboxylic acids is 1. The van der Waals surface area contributed by atoms with E-state index >= 15 is 0 Å². The molecular formula is C12H17NO. The van der Waals surface area contributed by atoms with Crippen molar-refractivity contribution in [2.75, 3.05) is 18.5 Å². The largest absolute Gasteiger partial charge is 0.374 e. The molecule has 0 fully saturated rings. The summed E-state index contributed by atoms with van der Waals surface area (Å²) in [4.78, 5) is 11.1. The summed E-state index contributed by atoms with van der Waals surface area (Å²) in [5.41, 5.74) is 4.28. The highest BCUT2D eigenvalue weighted by Gasteiger charge is 2.14. The Morgan fingerprint density at radius 3 is 2.71 bits per heavy atom. The fourth-order valence-electron chi connectivity index (χ4n) is 1.65. The van der Waals surface area contributed by atoms with Crippen molar-refractivity contribution in [1.82, 2.24) is 0 Å². The molecule has 0 bridgehead atoms. The Hall–Kier alpha value is -1.31. The van der Waals surface area contributed by atoms with Crippen LogP contribution in [0.4, 0.5) is 5.69 Å². The summed E-state index contributed by atoms with van der Waals surface area (Å²) in [6.07, 6.45) is 1.96. The van der Waals surface area contributed by atoms with Gasteiger partial charge in [0.25, 0.3) is 0 Å². The number of rotatable bonds is 0. The molecule has 0 N–H and O–H groups in total. The Labute approximate surface area is 85.5 Å². The molecule has 76 valence electrons. The van der Waals surface area contributed by atoms with Gasteiger partial charge in [-0.3, -0.25) is 0 Å². The predicted molar refractivity (Wildman–Crippen MR) is 59.9 cm³/mol. The van der Waals surface area contributed by atoms with E-state index in [1.54, 1.807) is 0 Å². The summed E-state index contributed by atoms with van der Waals surface area (Å²) < 4.78 is 0. The molecule has 0 radical (unpaired) electrons. The normalized spacial score (nSPS) is 12.9. The molecule has 1 aliphatic heterocycles. The van der Waals surface area contributed by atoms with E-state index in [-0.39, 0.29) is 0 Å². The van der Waals surface area contributed by atoms with Crippen LogP contribution in [0.15, 0.2) is 18.2 Å². The van der Waals surface area contributed by atoms with Crippen molar-refractivity contribution in [1.29, 1.82) is 0 Å². The van der Waals surface area contributed by atoms with Gasteiger partial charge in [-0.2, -0.15) is 0 Å². The number of benzene rings is 1. The van der Waals surface area contributed by atoms with E-state index in [4.69, 9.17) is 4.79 Å². The molecule has 2 nitrogen and oxygen atoms in total. The van der Waals surface area contributed by atoms with E-state index in [2.05, 4.69) is 37.1 Å². The number of aldehydes is 1. The molecule has 0 spiro atoms. The Bertz CT molecular complexity index is 320. The first-order chi connectivity index (χ1) is 6.69. The lowest BCUT2D eigenvalue weighted by Gasteiger charge is -2.11. The predicted octanol–water partition coefficient (Wildman–Crippen LogP) is 2.19. The summed E-state index contributed by atoms with van der Waals surface area (Å²) in [6.45, 7) is 4.77. The van der Waals surface area contributed by atoms with Crippen molar-refractivity contribution in [2.24, 2.45) is 0 Å². The van der Waals surface area contributed by atoms with E-state index in [1.165, 1.54) is 36.7 Å². The van der Waals surface area contributed by atoms with E-state index < -0.39 is 0 Å². The maximum atomic E-state index is 8.81. The monoisotopic (exact) mass is 191 g/mol. The number of aryl methyl sites for hydroxylation is 1. The number of carbonyl (C=O) groups is 1. The van der Waals surface area contributed by atoms with Gasteiger partial charge in [0.2, 0.25) is 0 Å². The molecule has 2 heteroatoms. The van der Waals surface area contributed by atoms with Crippen LogP contribution in [-0.2, 0) is 11.2 Å². The third-order valence-electron chi connectivity index (χ3n) is 2.37. The van der Waals surface area contributed by atoms with Gasteiger partial charge in [-0.05, 0) is 37.5 Å². The van der Waals surface area contributed by atoms with Crippen LogP contribution in [0.1, 0.15) is 18.1 Å². The smallest absolute Gasteiger partial charge is 0.116 e. The molecular weight excluding hydrogens is 174 g/mol. The molecule has 0 saturated heterocycles. The molecule has 0 unspecified atom stereocenters. The number of fused-ring (bicyclic) bond motifs is 1. The molecule has 1 heterocycles. The molecule has 1 aliphatic rings. The number of likely N-dealkylation sites (N-methyl/N-ethyl adjacent to an activating group) is 1. The van der Waals surface area contributed by atoms with Crippen LogP contribution in [0.5, 0.6) is 0 Å². The summed E-state index contributed by atoms with van der Waals surface area (Å²) >= 11 is 0. The van der Waals surface area contributed by atoms with Gasteiger partial charge in [-0.1, -0.05) is 12.1 Å². The van der Waals surface area contributed by atoms with Gasteiger partial charge in [-0.15, -0.1) is 0 Å². The van der Waals surface area contributed by atoms with Crippen molar-refractivity contribution in [3.05, 3.63) is 29.3 Å². The fraction of sp³-hybridized carbons (Fsp3) is 0.417. The minimum absolute atomic E-state index is 0.750. The SMILES string of the molecule is CC=O.Cc1ccc2c(c1)N(C)CC2. The van der Waals surface area contributed by atoms with Gasteiger partial charge in [0.15, 0.2) is 0 Å². The molecule has 14 heavy (non-hydrogen) atoms. The average molecular weight is 191 g/mol. The maximum Gasteiger partial charge on any atom is 0.116 e. The molecule has 0 amide bonds. The van der Waals surface area contributed by atoms with E-state index in [0.717, 1.165) is 6.29 Å². The second-order valence-electron chi connectivity index (χ2n) is 3.54. The van der Waals surface area contributed by atoms with Gasteiger partial charge in [0.1, 0.15) is 6.29 Å². The fourth-order valence-corrected chi connectivity index (χ4v) is 1.65. The van der Waals surface area contributed by atoms with Crippen LogP contribution in [-0.4, -0.2) is 19.9 Å². The molecule has 0 aromatic heterocycles. The van der Waals surface area contributed by atoms with Crippen LogP contribution in [0.2, 0.25) is 0 Å². The zero-order valence-electron chi connectivity index (χ0n) is 9.08. The molecule has 2 rings (SSSR count).